The summed E-state index contributed by atoms with van der Waals surface area (Å²) in [7, 11) is 1.30. The van der Waals surface area contributed by atoms with Crippen molar-refractivity contribution in [2.45, 2.75) is 38.8 Å². The van der Waals surface area contributed by atoms with Gasteiger partial charge in [-0.3, -0.25) is 0 Å². The van der Waals surface area contributed by atoms with E-state index in [1.54, 1.807) is 23.4 Å². The Morgan fingerprint density at radius 3 is 2.89 bits per heavy atom. The highest BCUT2D eigenvalue weighted by Crippen LogP contribution is 2.33. The molecule has 2 amide bonds. The molecule has 1 aromatic heterocycles. The molecule has 28 heavy (non-hydrogen) atoms. The topological polar surface area (TPSA) is 87.3 Å². The van der Waals surface area contributed by atoms with Gasteiger partial charge in [0.1, 0.15) is 17.9 Å². The van der Waals surface area contributed by atoms with Crippen LogP contribution in [0.2, 0.25) is 0 Å². The van der Waals surface area contributed by atoms with Crippen molar-refractivity contribution in [3.63, 3.8) is 0 Å². The number of esters is 1. The number of nitrogens with zero attached hydrogens (tertiary/aromatic N) is 2. The van der Waals surface area contributed by atoms with Crippen molar-refractivity contribution in [3.8, 4) is 0 Å². The third-order valence-electron chi connectivity index (χ3n) is 4.84. The third-order valence-corrected chi connectivity index (χ3v) is 4.84. The van der Waals surface area contributed by atoms with E-state index in [1.807, 2.05) is 13.8 Å². The van der Waals surface area contributed by atoms with E-state index in [1.165, 1.54) is 19.2 Å². The maximum Gasteiger partial charge on any atom is 0.328 e. The minimum atomic E-state index is -0.744. The number of rotatable bonds is 5. The van der Waals surface area contributed by atoms with Crippen LogP contribution in [0.25, 0.3) is 0 Å². The van der Waals surface area contributed by atoms with E-state index in [9.17, 15) is 14.0 Å². The summed E-state index contributed by atoms with van der Waals surface area (Å²) >= 11 is 0. The standard InChI is InChI=1S/C20H25FN4O3/c1-12(2)9-16(19(26)28-3)24-20(27)25-8-7-15-17(23-11-22-15)18(25)13-5-4-6-14(21)10-13/h4-6,10-12,16,18H,7-9H2,1-3H3,(H,22,23)(H,24,27)/t16-,18+/m0/s1. The van der Waals surface area contributed by atoms with E-state index in [-0.39, 0.29) is 11.7 Å². The van der Waals surface area contributed by atoms with E-state index in [0.717, 1.165) is 5.69 Å². The fourth-order valence-corrected chi connectivity index (χ4v) is 3.57. The van der Waals surface area contributed by atoms with Crippen molar-refractivity contribution < 1.29 is 18.7 Å². The highest BCUT2D eigenvalue weighted by atomic mass is 19.1. The number of carbonyl (C=O) groups excluding carboxylic acids is 2. The molecule has 1 aromatic carbocycles. The van der Waals surface area contributed by atoms with Gasteiger partial charge < -0.3 is 19.9 Å². The highest BCUT2D eigenvalue weighted by molar-refractivity contribution is 5.84. The Morgan fingerprint density at radius 2 is 2.21 bits per heavy atom. The zero-order valence-electron chi connectivity index (χ0n) is 16.2. The van der Waals surface area contributed by atoms with Gasteiger partial charge in [-0.05, 0) is 30.0 Å². The number of ether oxygens (including phenoxy) is 1. The van der Waals surface area contributed by atoms with Crippen molar-refractivity contribution in [2.75, 3.05) is 13.7 Å². The molecule has 1 aliphatic rings. The molecule has 2 atom stereocenters. The summed E-state index contributed by atoms with van der Waals surface area (Å²) < 4.78 is 18.7. The Kier molecular flexibility index (Phi) is 5.96. The Balaban J connectivity index is 1.90. The zero-order chi connectivity index (χ0) is 20.3. The monoisotopic (exact) mass is 388 g/mol. The predicted octanol–water partition coefficient (Wildman–Crippen LogP) is 2.79. The fraction of sp³-hybridized carbons (Fsp3) is 0.450. The SMILES string of the molecule is COC(=O)[C@H](CC(C)C)NC(=O)N1CCc2[nH]cnc2[C@H]1c1cccc(F)c1. The maximum atomic E-state index is 13.8. The molecule has 2 aromatic rings. The van der Waals surface area contributed by atoms with Gasteiger partial charge >= 0.3 is 12.0 Å². The second kappa shape index (κ2) is 8.41. The number of benzene rings is 1. The molecule has 0 aliphatic carbocycles. The number of hydrogen-bond acceptors (Lipinski definition) is 4. The number of aromatic nitrogens is 2. The van der Waals surface area contributed by atoms with Gasteiger partial charge in [0.05, 0.1) is 19.1 Å². The second-order valence-corrected chi connectivity index (χ2v) is 7.32. The molecule has 150 valence electrons. The third kappa shape index (κ3) is 4.16. The van der Waals surface area contributed by atoms with Crippen LogP contribution in [0.3, 0.4) is 0 Å². The van der Waals surface area contributed by atoms with Crippen molar-refractivity contribution in [2.24, 2.45) is 5.92 Å². The van der Waals surface area contributed by atoms with Gasteiger partial charge in [0.15, 0.2) is 0 Å². The van der Waals surface area contributed by atoms with Crippen LogP contribution in [0, 0.1) is 11.7 Å². The van der Waals surface area contributed by atoms with Crippen molar-refractivity contribution in [3.05, 3.63) is 53.4 Å². The van der Waals surface area contributed by atoms with Gasteiger partial charge in [0.25, 0.3) is 0 Å². The quantitative estimate of drug-likeness (QED) is 0.771. The average molecular weight is 388 g/mol. The lowest BCUT2D eigenvalue weighted by Gasteiger charge is -2.36. The predicted molar refractivity (Wildman–Crippen MR) is 101 cm³/mol. The summed E-state index contributed by atoms with van der Waals surface area (Å²) in [6.07, 6.45) is 2.64. The summed E-state index contributed by atoms with van der Waals surface area (Å²) in [6, 6.07) is 4.45. The normalized spacial score (nSPS) is 17.2. The molecule has 7 nitrogen and oxygen atoms in total. The molecule has 0 radical (unpaired) electrons. The Bertz CT molecular complexity index is 851. The summed E-state index contributed by atoms with van der Waals surface area (Å²) in [4.78, 5) is 34.2. The first-order chi connectivity index (χ1) is 13.4. The largest absolute Gasteiger partial charge is 0.467 e. The van der Waals surface area contributed by atoms with Gasteiger partial charge in [-0.25, -0.2) is 19.0 Å². The molecule has 3 rings (SSSR count). The number of carbonyl (C=O) groups is 2. The van der Waals surface area contributed by atoms with Crippen molar-refractivity contribution >= 4 is 12.0 Å². The van der Waals surface area contributed by atoms with Crippen molar-refractivity contribution in [1.29, 1.82) is 0 Å². The van der Waals surface area contributed by atoms with E-state index >= 15 is 0 Å². The number of methoxy groups -OCH3 is 1. The first-order valence-corrected chi connectivity index (χ1v) is 9.33. The van der Waals surface area contributed by atoms with E-state index in [0.29, 0.717) is 30.6 Å². The highest BCUT2D eigenvalue weighted by Gasteiger charge is 2.36. The molecular formula is C20H25FN4O3. The molecule has 2 heterocycles. The minimum Gasteiger partial charge on any atom is -0.467 e. The lowest BCUT2D eigenvalue weighted by Crippen LogP contribution is -2.51. The number of nitrogens with one attached hydrogen (secondary N) is 2. The molecule has 0 saturated heterocycles. The molecule has 0 fully saturated rings. The average Bonchev–Trinajstić information content (AvgIpc) is 3.14. The number of fused-ring (bicyclic) bond motifs is 1. The first kappa shape index (κ1) is 19.9. The van der Waals surface area contributed by atoms with Crippen molar-refractivity contribution in [1.82, 2.24) is 20.2 Å². The summed E-state index contributed by atoms with van der Waals surface area (Å²) in [6.45, 7) is 4.35. The molecule has 0 saturated carbocycles. The van der Waals surface area contributed by atoms with Gasteiger partial charge in [0, 0.05) is 18.7 Å². The lowest BCUT2D eigenvalue weighted by atomic mass is 9.96. The zero-order valence-corrected chi connectivity index (χ0v) is 16.2. The van der Waals surface area contributed by atoms with Crippen LogP contribution < -0.4 is 5.32 Å². The molecule has 0 spiro atoms. The van der Waals surface area contributed by atoms with Crippen LogP contribution in [0.15, 0.2) is 30.6 Å². The number of hydrogen-bond donors (Lipinski definition) is 2. The van der Waals surface area contributed by atoms with Crippen LogP contribution in [0.5, 0.6) is 0 Å². The number of amides is 2. The van der Waals surface area contributed by atoms with Gasteiger partial charge in [-0.2, -0.15) is 0 Å². The number of urea groups is 1. The van der Waals surface area contributed by atoms with Crippen LogP contribution in [-0.4, -0.2) is 46.6 Å². The summed E-state index contributed by atoms with van der Waals surface area (Å²) in [5.41, 5.74) is 2.23. The van der Waals surface area contributed by atoms with Gasteiger partial charge in [-0.1, -0.05) is 26.0 Å². The fourth-order valence-electron chi connectivity index (χ4n) is 3.57. The van der Waals surface area contributed by atoms with E-state index < -0.39 is 24.1 Å². The van der Waals surface area contributed by atoms with Crippen LogP contribution in [0.4, 0.5) is 9.18 Å². The summed E-state index contributed by atoms with van der Waals surface area (Å²) in [5, 5.41) is 2.79. The molecule has 2 N–H and O–H groups in total. The van der Waals surface area contributed by atoms with Gasteiger partial charge in [0.2, 0.25) is 0 Å². The Morgan fingerprint density at radius 1 is 1.43 bits per heavy atom. The van der Waals surface area contributed by atoms with Crippen LogP contribution in [-0.2, 0) is 16.0 Å². The summed E-state index contributed by atoms with van der Waals surface area (Å²) in [5.74, 6) is -0.669. The lowest BCUT2D eigenvalue weighted by molar-refractivity contribution is -0.143. The smallest absolute Gasteiger partial charge is 0.328 e. The number of halogens is 1. The second-order valence-electron chi connectivity index (χ2n) is 7.32. The minimum absolute atomic E-state index is 0.197. The molecule has 8 heteroatoms. The van der Waals surface area contributed by atoms with Crippen LogP contribution in [0.1, 0.15) is 43.3 Å². The number of imidazole rings is 1. The first-order valence-electron chi connectivity index (χ1n) is 9.33. The Labute approximate surface area is 163 Å². The molecule has 0 bridgehead atoms. The molecule has 0 unspecified atom stereocenters. The molecule has 1 aliphatic heterocycles. The van der Waals surface area contributed by atoms with Crippen LogP contribution >= 0.6 is 0 Å². The number of H-pyrrole nitrogens is 1. The van der Waals surface area contributed by atoms with Gasteiger partial charge in [-0.15, -0.1) is 0 Å². The maximum absolute atomic E-state index is 13.8. The molecular weight excluding hydrogens is 363 g/mol. The Hall–Kier alpha value is -2.90. The van der Waals surface area contributed by atoms with E-state index in [4.69, 9.17) is 4.74 Å². The number of aromatic amines is 1. The van der Waals surface area contributed by atoms with E-state index in [2.05, 4.69) is 15.3 Å².